The molecule has 1 unspecified atom stereocenters. The molecule has 3 aromatic rings. The first-order valence-corrected chi connectivity index (χ1v) is 10.6. The number of hydrogen-bond acceptors (Lipinski definition) is 4. The Labute approximate surface area is 176 Å². The molecule has 1 saturated heterocycles. The molecule has 1 amide bonds. The molecule has 1 aliphatic rings. The van der Waals surface area contributed by atoms with Crippen LogP contribution in [0.15, 0.2) is 29.4 Å². The van der Waals surface area contributed by atoms with Crippen LogP contribution in [0.5, 0.6) is 0 Å². The molecule has 0 spiro atoms. The molecule has 0 saturated carbocycles. The number of hydrogen-bond donors (Lipinski definition) is 0. The van der Waals surface area contributed by atoms with Gasteiger partial charge in [-0.2, -0.15) is 4.99 Å². The van der Waals surface area contributed by atoms with Crippen LogP contribution in [-0.4, -0.2) is 28.2 Å². The van der Waals surface area contributed by atoms with Crippen molar-refractivity contribution in [1.29, 1.82) is 0 Å². The zero-order valence-electron chi connectivity index (χ0n) is 15.5. The Kier molecular flexibility index (Phi) is 5.56. The topological polar surface area (TPSA) is 56.5 Å². The molecule has 1 fully saturated rings. The Morgan fingerprint density at radius 3 is 3.00 bits per heavy atom. The minimum atomic E-state index is -0.385. The number of aryl methyl sites for hydroxylation is 1. The van der Waals surface area contributed by atoms with E-state index in [9.17, 15) is 4.79 Å². The van der Waals surface area contributed by atoms with Crippen molar-refractivity contribution in [2.45, 2.75) is 39.3 Å². The monoisotopic (exact) mass is 435 g/mol. The second-order valence-electron chi connectivity index (χ2n) is 6.81. The summed E-state index contributed by atoms with van der Waals surface area (Å²) in [6.07, 6.45) is 3.88. The number of amides is 1. The molecule has 5 nitrogen and oxygen atoms in total. The molecule has 0 radical (unpaired) electrons. The number of ether oxygens (including phenoxy) is 1. The Hall–Kier alpha value is -1.73. The van der Waals surface area contributed by atoms with E-state index in [1.54, 1.807) is 24.4 Å². The van der Waals surface area contributed by atoms with E-state index in [4.69, 9.17) is 27.9 Å². The van der Waals surface area contributed by atoms with Crippen LogP contribution in [0.4, 0.5) is 0 Å². The van der Waals surface area contributed by atoms with Gasteiger partial charge in [0.2, 0.25) is 0 Å². The van der Waals surface area contributed by atoms with E-state index < -0.39 is 0 Å². The summed E-state index contributed by atoms with van der Waals surface area (Å²) in [5.41, 5.74) is 1.95. The Bertz CT molecular complexity index is 1130. The molecule has 0 bridgehead atoms. The fraction of sp³-hybridized carbons (Fsp3) is 0.350. The third-order valence-corrected chi connectivity index (χ3v) is 6.91. The molecule has 2 aromatic heterocycles. The van der Waals surface area contributed by atoms with Gasteiger partial charge in [-0.3, -0.25) is 9.78 Å². The van der Waals surface area contributed by atoms with Gasteiger partial charge in [0.1, 0.15) is 0 Å². The zero-order chi connectivity index (χ0) is 19.8. The van der Waals surface area contributed by atoms with Crippen molar-refractivity contribution in [2.75, 3.05) is 6.61 Å². The Balaban J connectivity index is 1.80. The fourth-order valence-corrected chi connectivity index (χ4v) is 4.78. The number of benzene rings is 1. The average Bonchev–Trinajstić information content (AvgIpc) is 3.29. The summed E-state index contributed by atoms with van der Waals surface area (Å²) in [6.45, 7) is 5.56. The number of aromatic nitrogens is 2. The normalized spacial score (nSPS) is 17.6. The molecule has 146 valence electrons. The highest BCUT2D eigenvalue weighted by molar-refractivity contribution is 7.09. The number of pyridine rings is 1. The van der Waals surface area contributed by atoms with Gasteiger partial charge in [-0.15, -0.1) is 11.3 Å². The first-order valence-electron chi connectivity index (χ1n) is 9.06. The standard InChI is InChI=1S/C20H19Cl2N3O2S/c1-11-12(2)28-20(25(11)10-13-5-4-8-27-13)24-19(26)15-9-16(21)17(22)14-6-3-7-23-18(14)15/h3,6-7,9,13H,4-5,8,10H2,1-2H3. The number of nitrogens with zero attached hydrogens (tertiary/aromatic N) is 3. The van der Waals surface area contributed by atoms with Gasteiger partial charge in [0.15, 0.2) is 4.80 Å². The molecule has 4 rings (SSSR count). The van der Waals surface area contributed by atoms with E-state index >= 15 is 0 Å². The first-order chi connectivity index (χ1) is 13.5. The highest BCUT2D eigenvalue weighted by Gasteiger charge is 2.20. The van der Waals surface area contributed by atoms with Crippen molar-refractivity contribution in [3.05, 3.63) is 55.4 Å². The summed E-state index contributed by atoms with van der Waals surface area (Å²) in [7, 11) is 0. The number of carbonyl (C=O) groups is 1. The average molecular weight is 436 g/mol. The van der Waals surface area contributed by atoms with Crippen LogP contribution >= 0.6 is 34.5 Å². The number of fused-ring (bicyclic) bond motifs is 1. The summed E-state index contributed by atoms with van der Waals surface area (Å²) in [6, 6.07) is 5.10. The maximum absolute atomic E-state index is 13.1. The predicted octanol–water partition coefficient (Wildman–Crippen LogP) is 4.94. The highest BCUT2D eigenvalue weighted by atomic mass is 35.5. The largest absolute Gasteiger partial charge is 0.376 e. The quantitative estimate of drug-likeness (QED) is 0.584. The second kappa shape index (κ2) is 7.95. The van der Waals surface area contributed by atoms with Crippen LogP contribution in [0.1, 0.15) is 33.8 Å². The molecule has 1 atom stereocenters. The lowest BCUT2D eigenvalue weighted by Crippen LogP contribution is -2.25. The molecule has 1 aromatic carbocycles. The van der Waals surface area contributed by atoms with Gasteiger partial charge in [-0.05, 0) is 44.9 Å². The molecular weight excluding hydrogens is 417 g/mol. The maximum atomic E-state index is 13.1. The van der Waals surface area contributed by atoms with Crippen LogP contribution in [0, 0.1) is 13.8 Å². The van der Waals surface area contributed by atoms with Crippen LogP contribution in [0.3, 0.4) is 0 Å². The summed E-state index contributed by atoms with van der Waals surface area (Å²) < 4.78 is 7.84. The minimum Gasteiger partial charge on any atom is -0.376 e. The first kappa shape index (κ1) is 19.6. The van der Waals surface area contributed by atoms with Gasteiger partial charge in [-0.25, -0.2) is 0 Å². The molecule has 1 aliphatic heterocycles. The third-order valence-electron chi connectivity index (χ3n) is 5.01. The summed E-state index contributed by atoms with van der Waals surface area (Å²) in [4.78, 5) is 23.6. The lowest BCUT2D eigenvalue weighted by Gasteiger charge is -2.12. The number of rotatable bonds is 3. The van der Waals surface area contributed by atoms with Crippen LogP contribution in [0.2, 0.25) is 10.0 Å². The summed E-state index contributed by atoms with van der Waals surface area (Å²) >= 11 is 14.0. The van der Waals surface area contributed by atoms with Crippen molar-refractivity contribution in [3.8, 4) is 0 Å². The fourth-order valence-electron chi connectivity index (χ4n) is 3.38. The molecule has 28 heavy (non-hydrogen) atoms. The predicted molar refractivity (Wildman–Crippen MR) is 112 cm³/mol. The molecule has 3 heterocycles. The highest BCUT2D eigenvalue weighted by Crippen LogP contribution is 2.32. The Morgan fingerprint density at radius 2 is 2.25 bits per heavy atom. The van der Waals surface area contributed by atoms with Crippen molar-refractivity contribution >= 4 is 51.3 Å². The molecular formula is C20H19Cl2N3O2S. The van der Waals surface area contributed by atoms with Crippen molar-refractivity contribution in [2.24, 2.45) is 4.99 Å². The van der Waals surface area contributed by atoms with Gasteiger partial charge in [0.05, 0.1) is 33.8 Å². The molecule has 8 heteroatoms. The summed E-state index contributed by atoms with van der Waals surface area (Å²) in [5, 5.41) is 1.34. The van der Waals surface area contributed by atoms with Gasteiger partial charge in [0, 0.05) is 28.8 Å². The number of halogens is 2. The van der Waals surface area contributed by atoms with Crippen LogP contribution < -0.4 is 4.80 Å². The summed E-state index contributed by atoms with van der Waals surface area (Å²) in [5.74, 6) is -0.385. The minimum absolute atomic E-state index is 0.161. The van der Waals surface area contributed by atoms with Crippen LogP contribution in [-0.2, 0) is 11.3 Å². The number of thiazole rings is 1. The van der Waals surface area contributed by atoms with Crippen molar-refractivity contribution in [3.63, 3.8) is 0 Å². The second-order valence-corrected chi connectivity index (χ2v) is 8.78. The third kappa shape index (κ3) is 3.62. The van der Waals surface area contributed by atoms with E-state index in [0.29, 0.717) is 37.9 Å². The van der Waals surface area contributed by atoms with Crippen LogP contribution in [0.25, 0.3) is 10.9 Å². The van der Waals surface area contributed by atoms with Gasteiger partial charge in [-0.1, -0.05) is 23.2 Å². The molecule has 0 aliphatic carbocycles. The Morgan fingerprint density at radius 1 is 1.43 bits per heavy atom. The van der Waals surface area contributed by atoms with E-state index in [1.807, 2.05) is 13.8 Å². The van der Waals surface area contributed by atoms with E-state index in [0.717, 1.165) is 30.0 Å². The lowest BCUT2D eigenvalue weighted by molar-refractivity contribution is 0.0946. The van der Waals surface area contributed by atoms with Gasteiger partial charge in [0.25, 0.3) is 5.91 Å². The zero-order valence-corrected chi connectivity index (χ0v) is 17.9. The smallest absolute Gasteiger partial charge is 0.281 e. The van der Waals surface area contributed by atoms with E-state index in [2.05, 4.69) is 14.5 Å². The lowest BCUT2D eigenvalue weighted by atomic mass is 10.1. The SMILES string of the molecule is Cc1sc(=NC(=O)c2cc(Cl)c(Cl)c3cccnc23)n(CC2CCCO2)c1C. The maximum Gasteiger partial charge on any atom is 0.281 e. The van der Waals surface area contributed by atoms with Crippen molar-refractivity contribution in [1.82, 2.24) is 9.55 Å². The van der Waals surface area contributed by atoms with E-state index in [-0.39, 0.29) is 12.0 Å². The van der Waals surface area contributed by atoms with Gasteiger partial charge < -0.3 is 9.30 Å². The van der Waals surface area contributed by atoms with Gasteiger partial charge >= 0.3 is 0 Å². The molecule has 0 N–H and O–H groups in total. The van der Waals surface area contributed by atoms with Crippen molar-refractivity contribution < 1.29 is 9.53 Å². The van der Waals surface area contributed by atoms with E-state index in [1.165, 1.54) is 11.3 Å². The number of carbonyl (C=O) groups excluding carboxylic acids is 1.